The second-order valence-corrected chi connectivity index (χ2v) is 5.63. The van der Waals surface area contributed by atoms with Crippen LogP contribution >= 0.6 is 0 Å². The van der Waals surface area contributed by atoms with E-state index in [0.29, 0.717) is 11.3 Å². The lowest BCUT2D eigenvalue weighted by Gasteiger charge is -2.41. The lowest BCUT2D eigenvalue weighted by atomic mass is 9.95. The van der Waals surface area contributed by atoms with Gasteiger partial charge in [0.2, 0.25) is 0 Å². The van der Waals surface area contributed by atoms with Crippen LogP contribution in [0.4, 0.5) is 4.39 Å². The summed E-state index contributed by atoms with van der Waals surface area (Å²) in [6.45, 7) is -0.409. The molecule has 1 aliphatic rings. The molecule has 0 spiro atoms. The highest BCUT2D eigenvalue weighted by molar-refractivity contribution is 5.57. The predicted octanol–water partition coefficient (Wildman–Crippen LogP) is -0.716. The zero-order valence-electron chi connectivity index (χ0n) is 13.0. The van der Waals surface area contributed by atoms with Gasteiger partial charge in [-0.15, -0.1) is 5.10 Å². The number of likely N-dealkylation sites (N-methyl/N-ethyl adjacent to an activating group) is 1. The molecule has 3 unspecified atom stereocenters. The number of halogens is 1. The van der Waals surface area contributed by atoms with Crippen molar-refractivity contribution in [1.82, 2.24) is 20.3 Å². The maximum absolute atomic E-state index is 13.3. The Labute approximate surface area is 137 Å². The first kappa shape index (κ1) is 16.9. The number of nitrogens with one attached hydrogen (secondary N) is 1. The molecule has 0 bridgehead atoms. The minimum atomic E-state index is -1.18. The van der Waals surface area contributed by atoms with Gasteiger partial charge in [0.1, 0.15) is 42.1 Å². The summed E-state index contributed by atoms with van der Waals surface area (Å²) < 4.78 is 20.1. The SMILES string of the molecule is CN[C@@H]1OC(CO)[C@H](O)C(n2cc(-c3cccc(F)c3)nn2)C1O. The summed E-state index contributed by atoms with van der Waals surface area (Å²) >= 11 is 0. The van der Waals surface area contributed by atoms with Crippen molar-refractivity contribution in [2.45, 2.75) is 30.6 Å². The van der Waals surface area contributed by atoms with Crippen LogP contribution in [0.3, 0.4) is 0 Å². The van der Waals surface area contributed by atoms with Gasteiger partial charge >= 0.3 is 0 Å². The second-order valence-electron chi connectivity index (χ2n) is 5.63. The number of nitrogens with zero attached hydrogens (tertiary/aromatic N) is 3. The van der Waals surface area contributed by atoms with E-state index in [1.54, 1.807) is 19.2 Å². The molecule has 1 aromatic carbocycles. The highest BCUT2D eigenvalue weighted by Gasteiger charge is 2.45. The van der Waals surface area contributed by atoms with Gasteiger partial charge in [0.25, 0.3) is 0 Å². The molecule has 3 rings (SSSR count). The topological polar surface area (TPSA) is 113 Å². The molecule has 24 heavy (non-hydrogen) atoms. The number of aromatic nitrogens is 3. The van der Waals surface area contributed by atoms with Gasteiger partial charge in [-0.1, -0.05) is 17.3 Å². The monoisotopic (exact) mass is 338 g/mol. The van der Waals surface area contributed by atoms with Crippen molar-refractivity contribution >= 4 is 0 Å². The van der Waals surface area contributed by atoms with E-state index in [1.165, 1.54) is 23.0 Å². The molecule has 1 aromatic heterocycles. The second kappa shape index (κ2) is 6.91. The molecule has 4 N–H and O–H groups in total. The van der Waals surface area contributed by atoms with Crippen molar-refractivity contribution in [1.29, 1.82) is 0 Å². The van der Waals surface area contributed by atoms with Gasteiger partial charge in [-0.25, -0.2) is 9.07 Å². The summed E-state index contributed by atoms with van der Waals surface area (Å²) in [5, 5.41) is 40.8. The van der Waals surface area contributed by atoms with Crippen LogP contribution < -0.4 is 5.32 Å². The van der Waals surface area contributed by atoms with Crippen LogP contribution in [0.15, 0.2) is 30.5 Å². The van der Waals surface area contributed by atoms with E-state index in [4.69, 9.17) is 4.74 Å². The molecule has 8 nitrogen and oxygen atoms in total. The smallest absolute Gasteiger partial charge is 0.136 e. The first-order chi connectivity index (χ1) is 11.5. The van der Waals surface area contributed by atoms with Gasteiger partial charge in [0.15, 0.2) is 0 Å². The summed E-state index contributed by atoms with van der Waals surface area (Å²) in [5.74, 6) is -0.399. The minimum Gasteiger partial charge on any atom is -0.394 e. The molecule has 0 radical (unpaired) electrons. The number of benzene rings is 1. The van der Waals surface area contributed by atoms with Crippen molar-refractivity contribution in [2.75, 3.05) is 13.7 Å². The summed E-state index contributed by atoms with van der Waals surface area (Å²) in [6, 6.07) is 5.01. The summed E-state index contributed by atoms with van der Waals surface area (Å²) in [4.78, 5) is 0. The van der Waals surface area contributed by atoms with Crippen LogP contribution in [-0.2, 0) is 4.74 Å². The van der Waals surface area contributed by atoms with Gasteiger partial charge in [-0.3, -0.25) is 5.32 Å². The Bertz CT molecular complexity index is 682. The van der Waals surface area contributed by atoms with Crippen LogP contribution in [0.2, 0.25) is 0 Å². The zero-order chi connectivity index (χ0) is 17.3. The number of aliphatic hydroxyl groups is 3. The van der Waals surface area contributed by atoms with E-state index in [-0.39, 0.29) is 0 Å². The Morgan fingerprint density at radius 2 is 2.12 bits per heavy atom. The average molecular weight is 338 g/mol. The van der Waals surface area contributed by atoms with Gasteiger partial charge in [-0.2, -0.15) is 0 Å². The average Bonchev–Trinajstić information content (AvgIpc) is 3.05. The van der Waals surface area contributed by atoms with Gasteiger partial charge in [-0.05, 0) is 19.2 Å². The minimum absolute atomic E-state index is 0.399. The van der Waals surface area contributed by atoms with Crippen molar-refractivity contribution < 1.29 is 24.4 Å². The van der Waals surface area contributed by atoms with E-state index in [2.05, 4.69) is 15.6 Å². The first-order valence-corrected chi connectivity index (χ1v) is 7.52. The third kappa shape index (κ3) is 3.04. The maximum Gasteiger partial charge on any atom is 0.136 e. The third-order valence-corrected chi connectivity index (χ3v) is 4.11. The molecule has 1 saturated heterocycles. The number of hydrogen-bond acceptors (Lipinski definition) is 7. The molecule has 9 heteroatoms. The molecule has 5 atom stereocenters. The molecule has 2 heterocycles. The normalized spacial score (nSPS) is 30.5. The number of rotatable bonds is 4. The molecule has 0 saturated carbocycles. The van der Waals surface area contributed by atoms with Crippen molar-refractivity contribution in [2.24, 2.45) is 0 Å². The van der Waals surface area contributed by atoms with Gasteiger partial charge in [0.05, 0.1) is 12.8 Å². The van der Waals surface area contributed by atoms with Gasteiger partial charge in [0, 0.05) is 5.56 Å². The largest absolute Gasteiger partial charge is 0.394 e. The fourth-order valence-electron chi connectivity index (χ4n) is 2.86. The summed E-state index contributed by atoms with van der Waals surface area (Å²) in [5.41, 5.74) is 0.933. The molecular weight excluding hydrogens is 319 g/mol. The lowest BCUT2D eigenvalue weighted by Crippen LogP contribution is -2.59. The van der Waals surface area contributed by atoms with Crippen LogP contribution in [0.25, 0.3) is 11.3 Å². The molecule has 2 aromatic rings. The Hall–Kier alpha value is -1.91. The Morgan fingerprint density at radius 3 is 2.79 bits per heavy atom. The third-order valence-electron chi connectivity index (χ3n) is 4.11. The van der Waals surface area contributed by atoms with E-state index in [1.807, 2.05) is 0 Å². The van der Waals surface area contributed by atoms with Crippen LogP contribution in [0.1, 0.15) is 6.04 Å². The fraction of sp³-hybridized carbons (Fsp3) is 0.467. The lowest BCUT2D eigenvalue weighted by molar-refractivity contribution is -0.212. The summed E-state index contributed by atoms with van der Waals surface area (Å²) in [7, 11) is 1.59. The summed E-state index contributed by atoms with van der Waals surface area (Å²) in [6.07, 6.45) is -2.44. The Balaban J connectivity index is 1.92. The van der Waals surface area contributed by atoms with Crippen LogP contribution in [0, 0.1) is 5.82 Å². The highest BCUT2D eigenvalue weighted by Crippen LogP contribution is 2.29. The maximum atomic E-state index is 13.3. The zero-order valence-corrected chi connectivity index (χ0v) is 13.0. The Morgan fingerprint density at radius 1 is 1.33 bits per heavy atom. The first-order valence-electron chi connectivity index (χ1n) is 7.52. The van der Waals surface area contributed by atoms with Crippen molar-refractivity contribution in [3.8, 4) is 11.3 Å². The molecule has 1 fully saturated rings. The highest BCUT2D eigenvalue weighted by atomic mass is 19.1. The quantitative estimate of drug-likeness (QED) is 0.582. The fourth-order valence-corrected chi connectivity index (χ4v) is 2.86. The van der Waals surface area contributed by atoms with Gasteiger partial charge < -0.3 is 20.1 Å². The number of aliphatic hydroxyl groups excluding tert-OH is 3. The van der Waals surface area contributed by atoms with E-state index in [0.717, 1.165) is 0 Å². The van der Waals surface area contributed by atoms with Crippen LogP contribution in [0.5, 0.6) is 0 Å². The van der Waals surface area contributed by atoms with E-state index in [9.17, 15) is 19.7 Å². The van der Waals surface area contributed by atoms with Crippen LogP contribution in [-0.4, -0.2) is 68.5 Å². The van der Waals surface area contributed by atoms with Crippen molar-refractivity contribution in [3.05, 3.63) is 36.3 Å². The Kier molecular flexibility index (Phi) is 4.88. The van der Waals surface area contributed by atoms with E-state index < -0.39 is 43.0 Å². The predicted molar refractivity (Wildman–Crippen MR) is 81.3 cm³/mol. The standard InChI is InChI=1S/C15H19FN4O4/c1-17-15-14(23)12(13(22)11(7-21)24-15)20-6-10(18-19-20)8-3-2-4-9(16)5-8/h2-6,11-15,17,21-23H,7H2,1H3/t11?,12?,13-,14?,15+/m0/s1. The molecular formula is C15H19FN4O4. The molecule has 130 valence electrons. The van der Waals surface area contributed by atoms with Crippen molar-refractivity contribution in [3.63, 3.8) is 0 Å². The molecule has 0 amide bonds. The molecule has 0 aliphatic carbocycles. The number of hydrogen-bond donors (Lipinski definition) is 4. The molecule has 1 aliphatic heterocycles. The van der Waals surface area contributed by atoms with E-state index >= 15 is 0 Å². The number of ether oxygens (including phenoxy) is 1.